The zero-order chi connectivity index (χ0) is 18.5. The summed E-state index contributed by atoms with van der Waals surface area (Å²) in [4.78, 5) is 12.7. The van der Waals surface area contributed by atoms with Crippen LogP contribution >= 0.6 is 0 Å². The molecule has 3 aliphatic rings. The Bertz CT molecular complexity index is 604. The highest BCUT2D eigenvalue weighted by molar-refractivity contribution is 5.80. The van der Waals surface area contributed by atoms with Crippen LogP contribution in [-0.2, 0) is 6.54 Å². The lowest BCUT2D eigenvalue weighted by molar-refractivity contribution is 0.172. The monoisotopic (exact) mass is 369 g/mol. The Morgan fingerprint density at radius 1 is 1.04 bits per heavy atom. The van der Waals surface area contributed by atoms with Gasteiger partial charge in [0.1, 0.15) is 0 Å². The highest BCUT2D eigenvalue weighted by Gasteiger charge is 2.34. The predicted molar refractivity (Wildman–Crippen MR) is 112 cm³/mol. The Morgan fingerprint density at radius 2 is 1.81 bits per heavy atom. The second-order valence-electron chi connectivity index (χ2n) is 8.32. The molecule has 0 amide bonds. The number of hydrogen-bond donors (Lipinski definition) is 1. The van der Waals surface area contributed by atoms with Gasteiger partial charge in [0.2, 0.25) is 0 Å². The summed E-state index contributed by atoms with van der Waals surface area (Å²) >= 11 is 0. The minimum absolute atomic E-state index is 0.749. The molecule has 0 spiro atoms. The van der Waals surface area contributed by atoms with Crippen molar-refractivity contribution < 1.29 is 0 Å². The molecule has 2 heterocycles. The topological polar surface area (TPSA) is 34.1 Å². The number of nitrogens with zero attached hydrogens (tertiary/aromatic N) is 4. The normalized spacial score (nSPS) is 25.1. The zero-order valence-electron chi connectivity index (χ0n) is 16.8. The minimum Gasteiger partial charge on any atom is -0.357 e. The Balaban J connectivity index is 1.26. The number of rotatable bonds is 6. The van der Waals surface area contributed by atoms with Crippen molar-refractivity contribution in [1.82, 2.24) is 20.0 Å². The minimum atomic E-state index is 0.749. The van der Waals surface area contributed by atoms with Crippen LogP contribution in [0.2, 0.25) is 0 Å². The fraction of sp³-hybridized carbons (Fsp3) is 0.682. The van der Waals surface area contributed by atoms with Crippen molar-refractivity contribution in [2.24, 2.45) is 10.9 Å². The van der Waals surface area contributed by atoms with Crippen molar-refractivity contribution in [3.8, 4) is 0 Å². The van der Waals surface area contributed by atoms with E-state index in [1.807, 2.05) is 0 Å². The highest BCUT2D eigenvalue weighted by atomic mass is 15.3. The third-order valence-electron chi connectivity index (χ3n) is 6.14. The van der Waals surface area contributed by atoms with E-state index in [4.69, 9.17) is 4.99 Å². The van der Waals surface area contributed by atoms with Gasteiger partial charge in [-0.15, -0.1) is 0 Å². The Hall–Kier alpha value is -1.59. The summed E-state index contributed by atoms with van der Waals surface area (Å²) in [6.45, 7) is 12.1. The van der Waals surface area contributed by atoms with Gasteiger partial charge >= 0.3 is 0 Å². The van der Waals surface area contributed by atoms with Crippen molar-refractivity contribution in [2.45, 2.75) is 38.8 Å². The summed E-state index contributed by atoms with van der Waals surface area (Å²) in [6, 6.07) is 11.7. The summed E-state index contributed by atoms with van der Waals surface area (Å²) < 4.78 is 0. The van der Waals surface area contributed by atoms with E-state index in [1.54, 1.807) is 0 Å². The first-order chi connectivity index (χ1) is 13.3. The second kappa shape index (κ2) is 9.07. The lowest BCUT2D eigenvalue weighted by Gasteiger charge is -2.36. The van der Waals surface area contributed by atoms with Crippen molar-refractivity contribution >= 4 is 5.96 Å². The van der Waals surface area contributed by atoms with E-state index < -0.39 is 0 Å². The zero-order valence-corrected chi connectivity index (χ0v) is 16.8. The summed E-state index contributed by atoms with van der Waals surface area (Å²) in [5.41, 5.74) is 1.41. The van der Waals surface area contributed by atoms with Crippen molar-refractivity contribution in [1.29, 1.82) is 0 Å². The average molecular weight is 370 g/mol. The molecule has 2 aliphatic heterocycles. The number of nitrogens with one attached hydrogen (secondary N) is 1. The molecular formula is C22H35N5. The summed E-state index contributed by atoms with van der Waals surface area (Å²) in [5.74, 6) is 1.88. The maximum Gasteiger partial charge on any atom is 0.194 e. The van der Waals surface area contributed by atoms with Gasteiger partial charge in [0.25, 0.3) is 0 Å². The smallest absolute Gasteiger partial charge is 0.194 e. The molecule has 148 valence electrons. The van der Waals surface area contributed by atoms with Crippen LogP contribution < -0.4 is 5.32 Å². The fourth-order valence-corrected chi connectivity index (χ4v) is 4.38. The van der Waals surface area contributed by atoms with Crippen molar-refractivity contribution in [3.05, 3.63) is 35.9 Å². The van der Waals surface area contributed by atoms with Crippen molar-refractivity contribution in [3.63, 3.8) is 0 Å². The molecule has 1 saturated carbocycles. The van der Waals surface area contributed by atoms with Crippen LogP contribution in [0, 0.1) is 5.92 Å². The first-order valence-electron chi connectivity index (χ1n) is 10.9. The largest absolute Gasteiger partial charge is 0.357 e. The van der Waals surface area contributed by atoms with E-state index >= 15 is 0 Å². The van der Waals surface area contributed by atoms with Crippen LogP contribution in [0.3, 0.4) is 0 Å². The molecule has 1 unspecified atom stereocenters. The number of piperazine rings is 1. The van der Waals surface area contributed by atoms with Crippen LogP contribution in [0.25, 0.3) is 0 Å². The van der Waals surface area contributed by atoms with Gasteiger partial charge in [-0.25, -0.2) is 0 Å². The van der Waals surface area contributed by atoms with E-state index in [-0.39, 0.29) is 0 Å². The molecule has 0 radical (unpaired) electrons. The fourth-order valence-electron chi connectivity index (χ4n) is 4.38. The lowest BCUT2D eigenvalue weighted by atomic mass is 10.1. The first kappa shape index (κ1) is 18.8. The van der Waals surface area contributed by atoms with Crippen LogP contribution in [0.4, 0.5) is 0 Å². The molecule has 1 aromatic rings. The molecule has 1 atom stereocenters. The molecule has 27 heavy (non-hydrogen) atoms. The van der Waals surface area contributed by atoms with Gasteiger partial charge in [0, 0.05) is 58.4 Å². The Morgan fingerprint density at radius 3 is 2.52 bits per heavy atom. The predicted octanol–water partition coefficient (Wildman–Crippen LogP) is 2.25. The van der Waals surface area contributed by atoms with Crippen molar-refractivity contribution in [2.75, 3.05) is 52.4 Å². The molecule has 5 heteroatoms. The molecule has 5 nitrogen and oxygen atoms in total. The van der Waals surface area contributed by atoms with Gasteiger partial charge in [0.05, 0.1) is 0 Å². The molecule has 1 N–H and O–H groups in total. The summed E-state index contributed by atoms with van der Waals surface area (Å²) in [6.07, 6.45) is 4.17. The van der Waals surface area contributed by atoms with Gasteiger partial charge in [0.15, 0.2) is 5.96 Å². The van der Waals surface area contributed by atoms with Crippen LogP contribution in [0.15, 0.2) is 35.3 Å². The van der Waals surface area contributed by atoms with Gasteiger partial charge in [-0.2, -0.15) is 0 Å². The molecular weight excluding hydrogens is 334 g/mol. The average Bonchev–Trinajstić information content (AvgIpc) is 3.45. The third kappa shape index (κ3) is 5.23. The maximum absolute atomic E-state index is 5.03. The van der Waals surface area contributed by atoms with Gasteiger partial charge in [-0.05, 0) is 44.2 Å². The third-order valence-corrected chi connectivity index (χ3v) is 6.14. The number of likely N-dealkylation sites (tertiary alicyclic amines) is 1. The highest BCUT2D eigenvalue weighted by Crippen LogP contribution is 2.31. The van der Waals surface area contributed by atoms with E-state index in [0.29, 0.717) is 0 Å². The van der Waals surface area contributed by atoms with E-state index in [2.05, 4.69) is 57.3 Å². The SMILES string of the molecule is CCNC(=NCC1CCN(C2CC2)C1)N1CCN(Cc2ccccc2)CC1. The summed E-state index contributed by atoms with van der Waals surface area (Å²) in [5, 5.41) is 3.53. The maximum atomic E-state index is 5.03. The van der Waals surface area contributed by atoms with Gasteiger partial charge in [-0.1, -0.05) is 30.3 Å². The molecule has 1 aromatic carbocycles. The van der Waals surface area contributed by atoms with Gasteiger partial charge in [-0.3, -0.25) is 9.89 Å². The van der Waals surface area contributed by atoms with Crippen LogP contribution in [-0.4, -0.2) is 79.1 Å². The van der Waals surface area contributed by atoms with Crippen LogP contribution in [0.1, 0.15) is 31.7 Å². The Kier molecular flexibility index (Phi) is 6.30. The lowest BCUT2D eigenvalue weighted by Crippen LogP contribution is -2.52. The van der Waals surface area contributed by atoms with Crippen LogP contribution in [0.5, 0.6) is 0 Å². The Labute approximate surface area is 164 Å². The first-order valence-corrected chi connectivity index (χ1v) is 10.9. The standard InChI is InChI=1S/C22H35N5/c1-2-23-22(24-16-20-10-11-27(18-20)21-8-9-21)26-14-12-25(13-15-26)17-19-6-4-3-5-7-19/h3-7,20-21H,2,8-18H2,1H3,(H,23,24). The van der Waals surface area contributed by atoms with E-state index in [9.17, 15) is 0 Å². The molecule has 2 saturated heterocycles. The number of hydrogen-bond acceptors (Lipinski definition) is 3. The molecule has 0 aromatic heterocycles. The number of guanidine groups is 1. The number of benzene rings is 1. The molecule has 1 aliphatic carbocycles. The molecule has 3 fully saturated rings. The number of aliphatic imine (C=N–C) groups is 1. The quantitative estimate of drug-likeness (QED) is 0.616. The van der Waals surface area contributed by atoms with Gasteiger partial charge < -0.3 is 15.1 Å². The summed E-state index contributed by atoms with van der Waals surface area (Å²) in [7, 11) is 0. The molecule has 0 bridgehead atoms. The van der Waals surface area contributed by atoms with E-state index in [1.165, 1.54) is 37.9 Å². The van der Waals surface area contributed by atoms with E-state index in [0.717, 1.165) is 63.7 Å². The molecule has 4 rings (SSSR count). The second-order valence-corrected chi connectivity index (χ2v) is 8.32.